The van der Waals surface area contributed by atoms with Crippen molar-refractivity contribution in [3.63, 3.8) is 0 Å². The molecule has 1 N–H and O–H groups in total. The number of amides is 1. The first-order valence-electron chi connectivity index (χ1n) is 11.2. The molecule has 2 atom stereocenters. The highest BCUT2D eigenvalue weighted by molar-refractivity contribution is 7.99. The fourth-order valence-electron chi connectivity index (χ4n) is 3.90. The molecule has 1 aromatic carbocycles. The van der Waals surface area contributed by atoms with E-state index in [1.165, 1.54) is 31.0 Å². The van der Waals surface area contributed by atoms with Crippen molar-refractivity contribution in [3.8, 4) is 11.5 Å². The second kappa shape index (κ2) is 11.4. The van der Waals surface area contributed by atoms with Gasteiger partial charge in [-0.25, -0.2) is 0 Å². The van der Waals surface area contributed by atoms with Crippen molar-refractivity contribution >= 4 is 17.7 Å². The Morgan fingerprint density at radius 3 is 2.74 bits per heavy atom. The van der Waals surface area contributed by atoms with Gasteiger partial charge in [0, 0.05) is 12.6 Å². The molecule has 0 unspecified atom stereocenters. The van der Waals surface area contributed by atoms with Gasteiger partial charge in [0.05, 0.1) is 12.4 Å². The summed E-state index contributed by atoms with van der Waals surface area (Å²) >= 11 is 1.42. The van der Waals surface area contributed by atoms with E-state index in [4.69, 9.17) is 9.47 Å². The number of rotatable bonds is 10. The monoisotopic (exact) mass is 446 g/mol. The van der Waals surface area contributed by atoms with Crippen LogP contribution < -0.4 is 14.8 Å². The molecule has 8 heteroatoms. The van der Waals surface area contributed by atoms with Gasteiger partial charge in [0.2, 0.25) is 5.91 Å². The van der Waals surface area contributed by atoms with Crippen LogP contribution in [0.3, 0.4) is 0 Å². The van der Waals surface area contributed by atoms with Crippen LogP contribution in [-0.4, -0.2) is 39.1 Å². The Hall–Kier alpha value is -2.22. The molecular weight excluding hydrogens is 412 g/mol. The first-order valence-corrected chi connectivity index (χ1v) is 12.2. The molecule has 0 radical (unpaired) electrons. The molecule has 170 valence electrons. The molecule has 1 aliphatic rings. The third-order valence-electron chi connectivity index (χ3n) is 5.66. The predicted molar refractivity (Wildman–Crippen MR) is 123 cm³/mol. The van der Waals surface area contributed by atoms with Gasteiger partial charge in [-0.2, -0.15) is 0 Å². The lowest BCUT2D eigenvalue weighted by atomic mass is 9.86. The minimum absolute atomic E-state index is 0.0632. The highest BCUT2D eigenvalue weighted by Gasteiger charge is 2.23. The van der Waals surface area contributed by atoms with Crippen molar-refractivity contribution < 1.29 is 14.3 Å². The van der Waals surface area contributed by atoms with E-state index >= 15 is 0 Å². The average molecular weight is 447 g/mol. The van der Waals surface area contributed by atoms with Crippen LogP contribution in [0.2, 0.25) is 0 Å². The van der Waals surface area contributed by atoms with Crippen LogP contribution in [0.4, 0.5) is 0 Å². The van der Waals surface area contributed by atoms with Crippen molar-refractivity contribution in [1.82, 2.24) is 20.1 Å². The molecule has 31 heavy (non-hydrogen) atoms. The molecule has 0 spiro atoms. The topological polar surface area (TPSA) is 78.3 Å². The van der Waals surface area contributed by atoms with Crippen LogP contribution in [0.15, 0.2) is 23.4 Å². The number of aryl methyl sites for hydroxylation is 1. The van der Waals surface area contributed by atoms with E-state index in [1.54, 1.807) is 0 Å². The number of aromatic nitrogens is 3. The summed E-state index contributed by atoms with van der Waals surface area (Å²) in [6.07, 6.45) is 4.73. The summed E-state index contributed by atoms with van der Waals surface area (Å²) in [6.45, 7) is 9.81. The summed E-state index contributed by atoms with van der Waals surface area (Å²) in [5, 5.41) is 12.5. The van der Waals surface area contributed by atoms with Gasteiger partial charge in [-0.1, -0.05) is 37.6 Å². The van der Waals surface area contributed by atoms with Gasteiger partial charge in [-0.15, -0.1) is 10.2 Å². The number of carbonyl (C=O) groups is 1. The molecule has 1 fully saturated rings. The summed E-state index contributed by atoms with van der Waals surface area (Å²) in [7, 11) is 0. The smallest absolute Gasteiger partial charge is 0.230 e. The lowest BCUT2D eigenvalue weighted by Gasteiger charge is -2.29. The van der Waals surface area contributed by atoms with Crippen LogP contribution in [0, 0.1) is 12.8 Å². The van der Waals surface area contributed by atoms with Crippen LogP contribution in [0.1, 0.15) is 57.8 Å². The number of benzene rings is 1. The lowest BCUT2D eigenvalue weighted by Crippen LogP contribution is -2.41. The highest BCUT2D eigenvalue weighted by Crippen LogP contribution is 2.29. The van der Waals surface area contributed by atoms with E-state index in [9.17, 15) is 4.79 Å². The number of thioether (sulfide) groups is 1. The Labute approximate surface area is 189 Å². The Bertz CT molecular complexity index is 871. The van der Waals surface area contributed by atoms with Gasteiger partial charge in [-0.05, 0) is 57.2 Å². The van der Waals surface area contributed by atoms with E-state index in [-0.39, 0.29) is 12.5 Å². The number of ether oxygens (including phenoxy) is 2. The molecule has 1 saturated carbocycles. The van der Waals surface area contributed by atoms with Gasteiger partial charge < -0.3 is 19.4 Å². The summed E-state index contributed by atoms with van der Waals surface area (Å²) < 4.78 is 13.7. The second-order valence-electron chi connectivity index (χ2n) is 8.04. The van der Waals surface area contributed by atoms with Gasteiger partial charge in [-0.3, -0.25) is 4.79 Å². The maximum absolute atomic E-state index is 12.4. The lowest BCUT2D eigenvalue weighted by molar-refractivity contribution is -0.119. The molecule has 1 aromatic heterocycles. The molecule has 1 amide bonds. The standard InChI is InChI=1S/C23H34N4O3S/c1-5-27-21(14-30-19-12-11-16(3)13-20(19)29-6-2)25-26-23(27)31-15-22(28)24-18-10-8-7-9-17(18)4/h11-13,17-18H,5-10,14-15H2,1-4H3,(H,24,28)/t17-,18+/m0/s1. The van der Waals surface area contributed by atoms with E-state index < -0.39 is 0 Å². The molecule has 2 aromatic rings. The first kappa shape index (κ1) is 23.4. The minimum Gasteiger partial charge on any atom is -0.490 e. The van der Waals surface area contributed by atoms with E-state index in [2.05, 4.69) is 22.4 Å². The average Bonchev–Trinajstić information content (AvgIpc) is 3.15. The molecule has 0 aliphatic heterocycles. The Balaban J connectivity index is 1.57. The summed E-state index contributed by atoms with van der Waals surface area (Å²) in [5.41, 5.74) is 1.12. The van der Waals surface area contributed by atoms with Gasteiger partial charge in [0.25, 0.3) is 0 Å². The van der Waals surface area contributed by atoms with E-state index in [0.29, 0.717) is 36.6 Å². The van der Waals surface area contributed by atoms with Gasteiger partial charge >= 0.3 is 0 Å². The predicted octanol–water partition coefficient (Wildman–Crippen LogP) is 4.37. The summed E-state index contributed by atoms with van der Waals surface area (Å²) in [5.74, 6) is 3.10. The molecule has 0 saturated heterocycles. The third kappa shape index (κ3) is 6.38. The zero-order valence-electron chi connectivity index (χ0n) is 19.0. The Morgan fingerprint density at radius 2 is 2.00 bits per heavy atom. The maximum Gasteiger partial charge on any atom is 0.230 e. The SMILES string of the molecule is CCOc1cc(C)ccc1OCc1nnc(SCC(=O)N[C@@H]2CCCC[C@@H]2C)n1CC. The fourth-order valence-corrected chi connectivity index (χ4v) is 4.74. The maximum atomic E-state index is 12.4. The van der Waals surface area contributed by atoms with Crippen molar-refractivity contribution in [2.75, 3.05) is 12.4 Å². The second-order valence-corrected chi connectivity index (χ2v) is 8.98. The molecule has 1 aliphatic carbocycles. The van der Waals surface area contributed by atoms with Gasteiger partial charge in [0.15, 0.2) is 22.5 Å². The summed E-state index contributed by atoms with van der Waals surface area (Å²) in [4.78, 5) is 12.4. The van der Waals surface area contributed by atoms with Crippen molar-refractivity contribution in [2.45, 2.75) is 77.7 Å². The first-order chi connectivity index (χ1) is 15.0. The Morgan fingerprint density at radius 1 is 1.19 bits per heavy atom. The largest absolute Gasteiger partial charge is 0.490 e. The van der Waals surface area contributed by atoms with Crippen LogP contribution in [0.5, 0.6) is 11.5 Å². The van der Waals surface area contributed by atoms with Crippen LogP contribution >= 0.6 is 11.8 Å². The highest BCUT2D eigenvalue weighted by atomic mass is 32.2. The van der Waals surface area contributed by atoms with Crippen LogP contribution in [-0.2, 0) is 17.9 Å². The number of carbonyl (C=O) groups excluding carboxylic acids is 1. The van der Waals surface area contributed by atoms with Crippen molar-refractivity contribution in [2.24, 2.45) is 5.92 Å². The number of hydrogen-bond donors (Lipinski definition) is 1. The van der Waals surface area contributed by atoms with Crippen molar-refractivity contribution in [1.29, 1.82) is 0 Å². The molecule has 3 rings (SSSR count). The zero-order valence-corrected chi connectivity index (χ0v) is 19.8. The number of nitrogens with one attached hydrogen (secondary N) is 1. The van der Waals surface area contributed by atoms with Crippen molar-refractivity contribution in [3.05, 3.63) is 29.6 Å². The molecular formula is C23H34N4O3S. The minimum atomic E-state index is 0.0632. The molecule has 1 heterocycles. The Kier molecular flexibility index (Phi) is 8.63. The van der Waals surface area contributed by atoms with E-state index in [0.717, 1.165) is 28.7 Å². The number of hydrogen-bond acceptors (Lipinski definition) is 6. The van der Waals surface area contributed by atoms with Gasteiger partial charge in [0.1, 0.15) is 6.61 Å². The zero-order chi connectivity index (χ0) is 22.2. The molecule has 0 bridgehead atoms. The van der Waals surface area contributed by atoms with E-state index in [1.807, 2.05) is 43.5 Å². The summed E-state index contributed by atoms with van der Waals surface area (Å²) in [6, 6.07) is 6.18. The number of nitrogens with zero attached hydrogens (tertiary/aromatic N) is 3. The normalized spacial score (nSPS) is 18.6. The quantitative estimate of drug-likeness (QED) is 0.546. The fraction of sp³-hybridized carbons (Fsp3) is 0.609. The molecule has 7 nitrogen and oxygen atoms in total. The van der Waals surface area contributed by atoms with Crippen LogP contribution in [0.25, 0.3) is 0 Å². The third-order valence-corrected chi connectivity index (χ3v) is 6.62.